The van der Waals surface area contributed by atoms with Crippen molar-refractivity contribution in [3.05, 3.63) is 98.0 Å². The number of nitriles is 1. The Labute approximate surface area is 209 Å². The third-order valence-electron chi connectivity index (χ3n) is 4.41. The molecule has 2 amide bonds. The van der Waals surface area contributed by atoms with Crippen LogP contribution in [0.1, 0.15) is 5.56 Å². The summed E-state index contributed by atoms with van der Waals surface area (Å²) < 4.78 is 5.53. The fourth-order valence-corrected chi connectivity index (χ4v) is 3.41. The molecule has 0 heterocycles. The van der Waals surface area contributed by atoms with Crippen molar-refractivity contribution in [3.63, 3.8) is 0 Å². The minimum atomic E-state index is -0.801. The van der Waals surface area contributed by atoms with E-state index in [1.165, 1.54) is 30.3 Å². The van der Waals surface area contributed by atoms with Gasteiger partial charge in [-0.2, -0.15) is 5.26 Å². The molecule has 0 aliphatic rings. The molecule has 3 aromatic carbocycles. The van der Waals surface area contributed by atoms with Gasteiger partial charge in [-0.05, 0) is 42.5 Å². The Morgan fingerprint density at radius 3 is 2.31 bits per heavy atom. The maximum absolute atomic E-state index is 12.6. The summed E-state index contributed by atoms with van der Waals surface area (Å²) in [6.45, 7) is -0.414. The molecule has 0 fully saturated rings. The van der Waals surface area contributed by atoms with E-state index in [1.54, 1.807) is 36.4 Å². The van der Waals surface area contributed by atoms with Gasteiger partial charge in [0.25, 0.3) is 17.5 Å². The summed E-state index contributed by atoms with van der Waals surface area (Å²) in [6, 6.07) is 18.4. The number of rotatable bonds is 8. The number of nitro benzene ring substituents is 1. The van der Waals surface area contributed by atoms with Crippen LogP contribution in [0.4, 0.5) is 17.1 Å². The number of hydrogen-bond acceptors (Lipinski definition) is 6. The van der Waals surface area contributed by atoms with Crippen LogP contribution < -0.4 is 15.4 Å². The van der Waals surface area contributed by atoms with E-state index < -0.39 is 23.3 Å². The second-order valence-electron chi connectivity index (χ2n) is 6.96. The first-order valence-electron chi connectivity index (χ1n) is 9.90. The van der Waals surface area contributed by atoms with Crippen LogP contribution in [0.15, 0.2) is 72.3 Å². The molecule has 35 heavy (non-hydrogen) atoms. The highest BCUT2D eigenvalue weighted by atomic mass is 35.5. The first-order chi connectivity index (χ1) is 16.7. The van der Waals surface area contributed by atoms with Gasteiger partial charge in [-0.15, -0.1) is 0 Å². The SMILES string of the molecule is N#C/C(=C\c1cc([N+](=O)[O-])ccc1OCC(=O)Nc1ccccc1)C(=O)Nc1cc(Cl)cc(Cl)c1. The zero-order valence-electron chi connectivity index (χ0n) is 17.8. The number of non-ortho nitro benzene ring substituents is 1. The van der Waals surface area contributed by atoms with Gasteiger partial charge in [-0.1, -0.05) is 41.4 Å². The fraction of sp³-hybridized carbons (Fsp3) is 0.0417. The second-order valence-corrected chi connectivity index (χ2v) is 7.84. The molecule has 9 nitrogen and oxygen atoms in total. The highest BCUT2D eigenvalue weighted by Gasteiger charge is 2.16. The standard InChI is InChI=1S/C24H16Cl2N4O5/c25-17-10-18(26)12-20(11-17)29-24(32)16(13-27)8-15-9-21(30(33)34)6-7-22(15)35-14-23(31)28-19-4-2-1-3-5-19/h1-12H,14H2,(H,28,31)(H,29,32)/b16-8+. The number of ether oxygens (including phenoxy) is 1. The number of nitrogens with zero attached hydrogens (tertiary/aromatic N) is 2. The molecular formula is C24H16Cl2N4O5. The van der Waals surface area contributed by atoms with E-state index in [1.807, 2.05) is 0 Å². The van der Waals surface area contributed by atoms with Gasteiger partial charge in [0.15, 0.2) is 6.61 Å². The monoisotopic (exact) mass is 510 g/mol. The van der Waals surface area contributed by atoms with Gasteiger partial charge in [-0.25, -0.2) is 0 Å². The van der Waals surface area contributed by atoms with Crippen molar-refractivity contribution in [2.75, 3.05) is 17.2 Å². The second kappa shape index (κ2) is 11.7. The van der Waals surface area contributed by atoms with Gasteiger partial charge >= 0.3 is 0 Å². The average molecular weight is 511 g/mol. The lowest BCUT2D eigenvalue weighted by Gasteiger charge is -2.11. The van der Waals surface area contributed by atoms with Crippen LogP contribution in [0, 0.1) is 21.4 Å². The number of nitrogens with one attached hydrogen (secondary N) is 2. The Kier molecular flexibility index (Phi) is 8.40. The number of para-hydroxylation sites is 1. The third-order valence-corrected chi connectivity index (χ3v) is 4.84. The highest BCUT2D eigenvalue weighted by Crippen LogP contribution is 2.27. The average Bonchev–Trinajstić information content (AvgIpc) is 2.81. The number of halogens is 2. The molecule has 0 aliphatic heterocycles. The lowest BCUT2D eigenvalue weighted by atomic mass is 10.1. The molecule has 176 valence electrons. The molecule has 0 saturated heterocycles. The van der Waals surface area contributed by atoms with Crippen LogP contribution in [0.3, 0.4) is 0 Å². The molecule has 0 spiro atoms. The summed E-state index contributed by atoms with van der Waals surface area (Å²) in [4.78, 5) is 35.5. The normalized spacial score (nSPS) is 10.7. The van der Waals surface area contributed by atoms with Crippen molar-refractivity contribution < 1.29 is 19.2 Å². The molecule has 0 aromatic heterocycles. The summed E-state index contributed by atoms with van der Waals surface area (Å²) in [7, 11) is 0. The minimum absolute atomic E-state index is 0.0579. The van der Waals surface area contributed by atoms with Crippen molar-refractivity contribution in [2.24, 2.45) is 0 Å². The lowest BCUT2D eigenvalue weighted by Crippen LogP contribution is -2.20. The predicted molar refractivity (Wildman–Crippen MR) is 132 cm³/mol. The third kappa shape index (κ3) is 7.30. The van der Waals surface area contributed by atoms with Crippen LogP contribution >= 0.6 is 23.2 Å². The minimum Gasteiger partial charge on any atom is -0.483 e. The number of carbonyl (C=O) groups excluding carboxylic acids is 2. The van der Waals surface area contributed by atoms with Crippen LogP contribution in [0.2, 0.25) is 10.0 Å². The van der Waals surface area contributed by atoms with E-state index in [9.17, 15) is 25.0 Å². The maximum Gasteiger partial charge on any atom is 0.270 e. The van der Waals surface area contributed by atoms with Gasteiger partial charge in [0.1, 0.15) is 17.4 Å². The largest absolute Gasteiger partial charge is 0.483 e. The first-order valence-corrected chi connectivity index (χ1v) is 10.7. The summed E-state index contributed by atoms with van der Waals surface area (Å²) in [5.74, 6) is -1.21. The van der Waals surface area contributed by atoms with Crippen molar-refractivity contribution in [1.82, 2.24) is 0 Å². The van der Waals surface area contributed by atoms with Gasteiger partial charge in [-0.3, -0.25) is 19.7 Å². The molecule has 0 aliphatic carbocycles. The van der Waals surface area contributed by atoms with E-state index in [2.05, 4.69) is 10.6 Å². The molecule has 0 saturated carbocycles. The van der Waals surface area contributed by atoms with Crippen molar-refractivity contribution in [3.8, 4) is 11.8 Å². The number of benzene rings is 3. The molecule has 0 radical (unpaired) electrons. The molecule has 11 heteroatoms. The van der Waals surface area contributed by atoms with Crippen LogP contribution in [-0.2, 0) is 9.59 Å². The number of nitro groups is 1. The number of hydrogen-bond donors (Lipinski definition) is 2. The Morgan fingerprint density at radius 2 is 1.69 bits per heavy atom. The van der Waals surface area contributed by atoms with Crippen LogP contribution in [-0.4, -0.2) is 23.3 Å². The molecule has 3 aromatic rings. The molecule has 3 rings (SSSR count). The summed E-state index contributed by atoms with van der Waals surface area (Å²) in [5.41, 5.74) is 0.204. The van der Waals surface area contributed by atoms with Gasteiger partial charge < -0.3 is 15.4 Å². The van der Waals surface area contributed by atoms with Crippen molar-refractivity contribution in [2.45, 2.75) is 0 Å². The summed E-state index contributed by atoms with van der Waals surface area (Å²) in [5, 5.41) is 26.5. The summed E-state index contributed by atoms with van der Waals surface area (Å²) >= 11 is 11.9. The molecular weight excluding hydrogens is 495 g/mol. The Hall–Kier alpha value is -4.39. The van der Waals surface area contributed by atoms with Gasteiger partial charge in [0.05, 0.1) is 4.92 Å². The van der Waals surface area contributed by atoms with E-state index in [0.717, 1.165) is 12.1 Å². The van der Waals surface area contributed by atoms with E-state index in [-0.39, 0.29) is 38.3 Å². The smallest absolute Gasteiger partial charge is 0.270 e. The van der Waals surface area contributed by atoms with E-state index >= 15 is 0 Å². The maximum atomic E-state index is 12.6. The number of anilines is 2. The van der Waals surface area contributed by atoms with E-state index in [0.29, 0.717) is 5.69 Å². The van der Waals surface area contributed by atoms with E-state index in [4.69, 9.17) is 27.9 Å². The number of amides is 2. The summed E-state index contributed by atoms with van der Waals surface area (Å²) in [6.07, 6.45) is 1.12. The quantitative estimate of drug-likeness (QED) is 0.178. The van der Waals surface area contributed by atoms with Gasteiger partial charge in [0.2, 0.25) is 0 Å². The number of carbonyl (C=O) groups is 2. The Morgan fingerprint density at radius 1 is 1.00 bits per heavy atom. The van der Waals surface area contributed by atoms with Gasteiger partial charge in [0, 0.05) is 39.1 Å². The highest BCUT2D eigenvalue weighted by molar-refractivity contribution is 6.35. The van der Waals surface area contributed by atoms with Crippen molar-refractivity contribution >= 4 is 58.2 Å². The molecule has 0 bridgehead atoms. The zero-order valence-corrected chi connectivity index (χ0v) is 19.3. The van der Waals surface area contributed by atoms with Crippen molar-refractivity contribution in [1.29, 1.82) is 5.26 Å². The Bertz CT molecular complexity index is 1330. The van der Waals surface area contributed by atoms with Crippen LogP contribution in [0.5, 0.6) is 5.75 Å². The molecule has 0 unspecified atom stereocenters. The predicted octanol–water partition coefficient (Wildman–Crippen LogP) is 5.46. The van der Waals surface area contributed by atoms with Crippen LogP contribution in [0.25, 0.3) is 6.08 Å². The molecule has 2 N–H and O–H groups in total. The lowest BCUT2D eigenvalue weighted by molar-refractivity contribution is -0.384. The Balaban J connectivity index is 1.83. The zero-order chi connectivity index (χ0) is 25.4. The fourth-order valence-electron chi connectivity index (χ4n) is 2.88. The topological polar surface area (TPSA) is 134 Å². The molecule has 0 atom stereocenters. The first kappa shape index (κ1) is 25.2.